The summed E-state index contributed by atoms with van der Waals surface area (Å²) in [5, 5.41) is 0. The number of rotatable bonds is 5. The molecule has 0 aromatic heterocycles. The van der Waals surface area contributed by atoms with Gasteiger partial charge in [-0.15, -0.1) is 0 Å². The number of hydrogen-bond donors (Lipinski definition) is 0. The first-order chi connectivity index (χ1) is 17.9. The van der Waals surface area contributed by atoms with Gasteiger partial charge < -0.3 is 0 Å². The first kappa shape index (κ1) is 21.8. The van der Waals surface area contributed by atoms with E-state index < -0.39 is 0 Å². The smallest absolute Gasteiger partial charge is 0.00204 e. The molecule has 0 spiro atoms. The first-order valence-electron chi connectivity index (χ1n) is 12.4. The van der Waals surface area contributed by atoms with Crippen LogP contribution in [0.15, 0.2) is 158 Å². The molecule has 6 aromatic rings. The Labute approximate surface area is 213 Å². The maximum atomic E-state index is 2.27. The van der Waals surface area contributed by atoms with E-state index in [0.717, 1.165) is 0 Å². The van der Waals surface area contributed by atoms with Gasteiger partial charge in [-0.25, -0.2) is 0 Å². The van der Waals surface area contributed by atoms with Crippen molar-refractivity contribution in [3.63, 3.8) is 0 Å². The van der Waals surface area contributed by atoms with Crippen molar-refractivity contribution in [2.45, 2.75) is 0 Å². The van der Waals surface area contributed by atoms with E-state index in [1.54, 1.807) is 0 Å². The molecule has 0 bridgehead atoms. The van der Waals surface area contributed by atoms with Gasteiger partial charge in [0.05, 0.1) is 0 Å². The number of hydrogen-bond acceptors (Lipinski definition) is 0. The van der Waals surface area contributed by atoms with Crippen LogP contribution in [-0.4, -0.2) is 0 Å². The van der Waals surface area contributed by atoms with Crippen LogP contribution in [0.4, 0.5) is 0 Å². The lowest BCUT2D eigenvalue weighted by Gasteiger charge is -2.21. The second-order valence-electron chi connectivity index (χ2n) is 8.92. The second kappa shape index (κ2) is 9.90. The van der Waals surface area contributed by atoms with Crippen molar-refractivity contribution in [3.05, 3.63) is 158 Å². The molecule has 0 unspecified atom stereocenters. The van der Waals surface area contributed by atoms with Crippen LogP contribution < -0.4 is 0 Å². The Morgan fingerprint density at radius 2 is 0.528 bits per heavy atom. The van der Waals surface area contributed by atoms with Gasteiger partial charge in [-0.05, 0) is 55.6 Å². The SMILES string of the molecule is c1ccc(-c2ccccc2-c2cccc(-c3ccccc3)c2-c2ccccc2-c2ccccc2)cc1. The van der Waals surface area contributed by atoms with Crippen LogP contribution in [0.3, 0.4) is 0 Å². The molecule has 0 aliphatic heterocycles. The lowest BCUT2D eigenvalue weighted by molar-refractivity contribution is 1.54. The van der Waals surface area contributed by atoms with Crippen LogP contribution in [0.25, 0.3) is 55.6 Å². The summed E-state index contributed by atoms with van der Waals surface area (Å²) < 4.78 is 0. The summed E-state index contributed by atoms with van der Waals surface area (Å²) in [7, 11) is 0. The molecule has 0 saturated carbocycles. The van der Waals surface area contributed by atoms with Crippen LogP contribution in [0.1, 0.15) is 0 Å². The van der Waals surface area contributed by atoms with Crippen LogP contribution >= 0.6 is 0 Å². The average Bonchev–Trinajstić information content (AvgIpc) is 2.98. The van der Waals surface area contributed by atoms with Crippen LogP contribution in [0.5, 0.6) is 0 Å². The third-order valence-corrected chi connectivity index (χ3v) is 6.73. The van der Waals surface area contributed by atoms with Crippen molar-refractivity contribution in [2.24, 2.45) is 0 Å². The molecule has 0 nitrogen and oxygen atoms in total. The molecule has 170 valence electrons. The molecule has 0 atom stereocenters. The Kier molecular flexibility index (Phi) is 6.00. The molecule has 0 heteroatoms. The average molecular weight is 459 g/mol. The van der Waals surface area contributed by atoms with Crippen molar-refractivity contribution in [1.82, 2.24) is 0 Å². The third-order valence-electron chi connectivity index (χ3n) is 6.73. The molecular weight excluding hydrogens is 432 g/mol. The van der Waals surface area contributed by atoms with E-state index in [-0.39, 0.29) is 0 Å². The molecule has 0 heterocycles. The summed E-state index contributed by atoms with van der Waals surface area (Å²) in [5.41, 5.74) is 12.3. The molecule has 0 radical (unpaired) electrons. The lowest BCUT2D eigenvalue weighted by atomic mass is 9.83. The van der Waals surface area contributed by atoms with E-state index in [0.29, 0.717) is 0 Å². The van der Waals surface area contributed by atoms with Gasteiger partial charge in [0.25, 0.3) is 0 Å². The van der Waals surface area contributed by atoms with Crippen LogP contribution in [0, 0.1) is 0 Å². The maximum absolute atomic E-state index is 2.27. The highest BCUT2D eigenvalue weighted by molar-refractivity contribution is 6.01. The minimum atomic E-state index is 1.22. The first-order valence-corrected chi connectivity index (χ1v) is 12.4. The van der Waals surface area contributed by atoms with Gasteiger partial charge in [-0.1, -0.05) is 158 Å². The highest BCUT2D eigenvalue weighted by Crippen LogP contribution is 2.45. The zero-order valence-electron chi connectivity index (χ0n) is 20.0. The zero-order valence-corrected chi connectivity index (χ0v) is 20.0. The Morgan fingerprint density at radius 3 is 1.06 bits per heavy atom. The zero-order chi connectivity index (χ0) is 24.2. The van der Waals surface area contributed by atoms with E-state index in [1.807, 2.05) is 0 Å². The quantitative estimate of drug-likeness (QED) is 0.241. The Hall–Kier alpha value is -4.68. The van der Waals surface area contributed by atoms with Crippen LogP contribution in [0.2, 0.25) is 0 Å². The fourth-order valence-corrected chi connectivity index (χ4v) is 5.08. The molecule has 6 aromatic carbocycles. The van der Waals surface area contributed by atoms with Crippen LogP contribution in [-0.2, 0) is 0 Å². The summed E-state index contributed by atoms with van der Waals surface area (Å²) >= 11 is 0. The standard InChI is InChI=1S/C36H26/c1-4-15-27(16-5-1)30-21-10-12-23-33(30)35-26-14-25-32(29-19-8-3-9-20-29)36(35)34-24-13-11-22-31(34)28-17-6-2-7-18-28/h1-26H. The van der Waals surface area contributed by atoms with Crippen molar-refractivity contribution in [1.29, 1.82) is 0 Å². The molecule has 0 aliphatic carbocycles. The van der Waals surface area contributed by atoms with E-state index >= 15 is 0 Å². The summed E-state index contributed by atoms with van der Waals surface area (Å²) in [6.07, 6.45) is 0. The van der Waals surface area contributed by atoms with Gasteiger partial charge in [-0.3, -0.25) is 0 Å². The van der Waals surface area contributed by atoms with Crippen molar-refractivity contribution in [3.8, 4) is 55.6 Å². The van der Waals surface area contributed by atoms with E-state index in [1.165, 1.54) is 55.6 Å². The topological polar surface area (TPSA) is 0 Å². The molecule has 36 heavy (non-hydrogen) atoms. The second-order valence-corrected chi connectivity index (χ2v) is 8.92. The molecular formula is C36H26. The largest absolute Gasteiger partial charge is 0.0622 e. The van der Waals surface area contributed by atoms with Crippen molar-refractivity contribution < 1.29 is 0 Å². The third kappa shape index (κ3) is 4.15. The molecule has 0 amide bonds. The van der Waals surface area contributed by atoms with Crippen molar-refractivity contribution >= 4 is 0 Å². The van der Waals surface area contributed by atoms with E-state index in [9.17, 15) is 0 Å². The van der Waals surface area contributed by atoms with Gasteiger partial charge in [0.2, 0.25) is 0 Å². The van der Waals surface area contributed by atoms with E-state index in [4.69, 9.17) is 0 Å². The highest BCUT2D eigenvalue weighted by atomic mass is 14.2. The van der Waals surface area contributed by atoms with Gasteiger partial charge in [0.15, 0.2) is 0 Å². The molecule has 0 N–H and O–H groups in total. The fraction of sp³-hybridized carbons (Fsp3) is 0. The Bertz CT molecular complexity index is 1600. The highest BCUT2D eigenvalue weighted by Gasteiger charge is 2.19. The molecule has 0 saturated heterocycles. The minimum absolute atomic E-state index is 1.22. The number of benzene rings is 6. The summed E-state index contributed by atoms with van der Waals surface area (Å²) in [4.78, 5) is 0. The Balaban J connectivity index is 1.68. The van der Waals surface area contributed by atoms with E-state index in [2.05, 4.69) is 158 Å². The predicted octanol–water partition coefficient (Wildman–Crippen LogP) is 10.0. The summed E-state index contributed by atoms with van der Waals surface area (Å²) in [6, 6.07) is 56.3. The van der Waals surface area contributed by atoms with Gasteiger partial charge in [0, 0.05) is 0 Å². The minimum Gasteiger partial charge on any atom is -0.0622 e. The molecule has 0 aliphatic rings. The summed E-state index contributed by atoms with van der Waals surface area (Å²) in [5.74, 6) is 0. The Morgan fingerprint density at radius 1 is 0.194 bits per heavy atom. The maximum Gasteiger partial charge on any atom is -0.00204 e. The van der Waals surface area contributed by atoms with Crippen molar-refractivity contribution in [2.75, 3.05) is 0 Å². The summed E-state index contributed by atoms with van der Waals surface area (Å²) in [6.45, 7) is 0. The lowest BCUT2D eigenvalue weighted by Crippen LogP contribution is -1.94. The molecule has 0 fully saturated rings. The van der Waals surface area contributed by atoms with Gasteiger partial charge >= 0.3 is 0 Å². The normalized spacial score (nSPS) is 10.8. The van der Waals surface area contributed by atoms with Gasteiger partial charge in [-0.2, -0.15) is 0 Å². The fourth-order valence-electron chi connectivity index (χ4n) is 5.08. The monoisotopic (exact) mass is 458 g/mol. The molecule has 6 rings (SSSR count). The van der Waals surface area contributed by atoms with Gasteiger partial charge in [0.1, 0.15) is 0 Å². The predicted molar refractivity (Wildman–Crippen MR) is 154 cm³/mol.